The minimum atomic E-state index is 0.292. The highest BCUT2D eigenvalue weighted by Crippen LogP contribution is 2.31. The normalized spacial score (nSPS) is 24.6. The van der Waals surface area contributed by atoms with Crippen molar-refractivity contribution < 1.29 is 4.74 Å². The van der Waals surface area contributed by atoms with Gasteiger partial charge in [-0.1, -0.05) is 18.2 Å². The second-order valence-electron chi connectivity index (χ2n) is 5.05. The zero-order valence-corrected chi connectivity index (χ0v) is 12.9. The first-order chi connectivity index (χ1) is 8.85. The smallest absolute Gasteiger partial charge is 0.157 e. The molecule has 1 N–H and O–H groups in total. The van der Waals surface area contributed by atoms with Crippen LogP contribution in [0.15, 0.2) is 4.99 Å². The molecule has 2 aliphatic rings. The Balaban J connectivity index is 1.65. The number of rotatable bonds is 6. The van der Waals surface area contributed by atoms with Crippen LogP contribution < -0.4 is 5.32 Å². The molecule has 2 heterocycles. The van der Waals surface area contributed by atoms with Crippen LogP contribution >= 0.6 is 23.5 Å². The maximum Gasteiger partial charge on any atom is 0.157 e. The van der Waals surface area contributed by atoms with Gasteiger partial charge >= 0.3 is 0 Å². The molecule has 104 valence electrons. The highest BCUT2D eigenvalue weighted by molar-refractivity contribution is 8.14. The van der Waals surface area contributed by atoms with Crippen LogP contribution in [-0.4, -0.2) is 48.2 Å². The van der Waals surface area contributed by atoms with E-state index >= 15 is 0 Å². The Labute approximate surface area is 119 Å². The van der Waals surface area contributed by atoms with Crippen LogP contribution in [0.4, 0.5) is 0 Å². The second-order valence-corrected chi connectivity index (χ2v) is 7.00. The fraction of sp³-hybridized carbons (Fsp3) is 0.923. The summed E-state index contributed by atoms with van der Waals surface area (Å²) in [4.78, 5) is 4.69. The lowest BCUT2D eigenvalue weighted by Gasteiger charge is -2.32. The van der Waals surface area contributed by atoms with Crippen molar-refractivity contribution in [3.8, 4) is 0 Å². The lowest BCUT2D eigenvalue weighted by Crippen LogP contribution is -2.48. The summed E-state index contributed by atoms with van der Waals surface area (Å²) in [5.41, 5.74) is 0.292. The zero-order chi connectivity index (χ0) is 12.7. The Hall–Kier alpha value is 0.130. The summed E-state index contributed by atoms with van der Waals surface area (Å²) in [6.07, 6.45) is 8.30. The molecule has 1 spiro atoms. The molecular weight excluding hydrogens is 264 g/mol. The van der Waals surface area contributed by atoms with Gasteiger partial charge in [-0.05, 0) is 37.7 Å². The van der Waals surface area contributed by atoms with E-state index in [4.69, 9.17) is 9.73 Å². The van der Waals surface area contributed by atoms with E-state index in [1.54, 1.807) is 0 Å². The van der Waals surface area contributed by atoms with Crippen LogP contribution in [0.1, 0.15) is 32.1 Å². The number of ether oxygens (including phenoxy) is 1. The number of hydrogen-bond donors (Lipinski definition) is 1. The lowest BCUT2D eigenvalue weighted by molar-refractivity contribution is 0.0555. The molecule has 0 aromatic carbocycles. The largest absolute Gasteiger partial charge is 0.381 e. The van der Waals surface area contributed by atoms with Gasteiger partial charge in [0.05, 0.1) is 5.54 Å². The molecule has 3 nitrogen and oxygen atoms in total. The van der Waals surface area contributed by atoms with E-state index in [0.717, 1.165) is 32.6 Å². The highest BCUT2D eigenvalue weighted by Gasteiger charge is 2.38. The van der Waals surface area contributed by atoms with E-state index in [1.165, 1.54) is 35.9 Å². The molecule has 0 bridgehead atoms. The molecule has 2 fully saturated rings. The highest BCUT2D eigenvalue weighted by atomic mass is 32.2. The van der Waals surface area contributed by atoms with Crippen LogP contribution in [0.5, 0.6) is 0 Å². The Morgan fingerprint density at radius 2 is 2.17 bits per heavy atom. The first kappa shape index (κ1) is 14.5. The standard InChI is InChI=1S/C13H24N2OS2/c1-17-10-4-2-3-7-14-12-15-13(11-18-12)5-8-16-9-6-13/h2-11H2,1H3,(H,14,15). The summed E-state index contributed by atoms with van der Waals surface area (Å²) in [6, 6.07) is 0. The Morgan fingerprint density at radius 1 is 1.33 bits per heavy atom. The summed E-state index contributed by atoms with van der Waals surface area (Å²) in [6.45, 7) is 2.78. The molecule has 0 saturated carbocycles. The third-order valence-electron chi connectivity index (χ3n) is 3.57. The molecule has 5 heteroatoms. The lowest BCUT2D eigenvalue weighted by atomic mass is 9.93. The Kier molecular flexibility index (Phi) is 6.18. The number of nitrogens with one attached hydrogen (secondary N) is 1. The number of unbranched alkanes of at least 4 members (excludes halogenated alkanes) is 2. The SMILES string of the molecule is CSCCCCCN=C1NC2(CCOCC2)CS1. The molecule has 0 amide bonds. The van der Waals surface area contributed by atoms with Gasteiger partial charge in [-0.2, -0.15) is 11.8 Å². The van der Waals surface area contributed by atoms with Gasteiger partial charge in [0.15, 0.2) is 5.17 Å². The first-order valence-corrected chi connectivity index (χ1v) is 9.25. The van der Waals surface area contributed by atoms with Crippen LogP contribution in [-0.2, 0) is 4.74 Å². The molecule has 2 aliphatic heterocycles. The number of hydrogen-bond acceptors (Lipinski definition) is 4. The molecule has 2 rings (SSSR count). The minimum Gasteiger partial charge on any atom is -0.381 e. The summed E-state index contributed by atoms with van der Waals surface area (Å²) < 4.78 is 5.44. The van der Waals surface area contributed by atoms with Crippen molar-refractivity contribution in [1.82, 2.24) is 5.32 Å². The van der Waals surface area contributed by atoms with Crippen molar-refractivity contribution in [3.05, 3.63) is 0 Å². The van der Waals surface area contributed by atoms with Crippen molar-refractivity contribution in [2.45, 2.75) is 37.6 Å². The molecule has 0 radical (unpaired) electrons. The van der Waals surface area contributed by atoms with E-state index < -0.39 is 0 Å². The van der Waals surface area contributed by atoms with Crippen LogP contribution in [0, 0.1) is 0 Å². The fourth-order valence-electron chi connectivity index (χ4n) is 2.34. The van der Waals surface area contributed by atoms with Gasteiger partial charge in [0.2, 0.25) is 0 Å². The molecule has 0 aromatic rings. The third-order valence-corrected chi connectivity index (χ3v) is 5.47. The number of thioether (sulfide) groups is 2. The van der Waals surface area contributed by atoms with E-state index in [1.807, 2.05) is 23.5 Å². The van der Waals surface area contributed by atoms with E-state index in [0.29, 0.717) is 5.54 Å². The molecule has 0 unspecified atom stereocenters. The van der Waals surface area contributed by atoms with Gasteiger partial charge in [-0.25, -0.2) is 0 Å². The van der Waals surface area contributed by atoms with Crippen molar-refractivity contribution in [2.75, 3.05) is 37.5 Å². The molecular formula is C13H24N2OS2. The monoisotopic (exact) mass is 288 g/mol. The average molecular weight is 288 g/mol. The van der Waals surface area contributed by atoms with Gasteiger partial charge in [0.1, 0.15) is 0 Å². The van der Waals surface area contributed by atoms with Crippen molar-refractivity contribution in [2.24, 2.45) is 4.99 Å². The number of amidine groups is 1. The minimum absolute atomic E-state index is 0.292. The molecule has 0 atom stereocenters. The zero-order valence-electron chi connectivity index (χ0n) is 11.2. The first-order valence-electron chi connectivity index (χ1n) is 6.87. The predicted octanol–water partition coefficient (Wildman–Crippen LogP) is 2.76. The van der Waals surface area contributed by atoms with Gasteiger partial charge in [-0.3, -0.25) is 4.99 Å². The summed E-state index contributed by atoms with van der Waals surface area (Å²) in [5, 5.41) is 4.81. The van der Waals surface area contributed by atoms with E-state index in [9.17, 15) is 0 Å². The van der Waals surface area contributed by atoms with Gasteiger partial charge in [0, 0.05) is 25.5 Å². The molecule has 2 saturated heterocycles. The fourth-order valence-corrected chi connectivity index (χ4v) is 4.08. The second kappa shape index (κ2) is 7.65. The van der Waals surface area contributed by atoms with Crippen LogP contribution in [0.2, 0.25) is 0 Å². The summed E-state index contributed by atoms with van der Waals surface area (Å²) >= 11 is 3.83. The number of aliphatic imine (C=N–C) groups is 1. The van der Waals surface area contributed by atoms with Crippen LogP contribution in [0.3, 0.4) is 0 Å². The van der Waals surface area contributed by atoms with Crippen molar-refractivity contribution in [3.63, 3.8) is 0 Å². The number of nitrogens with zero attached hydrogens (tertiary/aromatic N) is 1. The summed E-state index contributed by atoms with van der Waals surface area (Å²) in [5.74, 6) is 2.45. The van der Waals surface area contributed by atoms with Gasteiger partial charge < -0.3 is 10.1 Å². The molecule has 0 aliphatic carbocycles. The topological polar surface area (TPSA) is 33.6 Å². The van der Waals surface area contributed by atoms with Crippen molar-refractivity contribution in [1.29, 1.82) is 0 Å². The third kappa shape index (κ3) is 4.35. The predicted molar refractivity (Wildman–Crippen MR) is 82.9 cm³/mol. The summed E-state index contributed by atoms with van der Waals surface area (Å²) in [7, 11) is 0. The van der Waals surface area contributed by atoms with E-state index in [-0.39, 0.29) is 0 Å². The Morgan fingerprint density at radius 3 is 2.94 bits per heavy atom. The van der Waals surface area contributed by atoms with E-state index in [2.05, 4.69) is 11.6 Å². The van der Waals surface area contributed by atoms with Crippen molar-refractivity contribution >= 4 is 28.7 Å². The van der Waals surface area contributed by atoms with Gasteiger partial charge in [-0.15, -0.1) is 0 Å². The van der Waals surface area contributed by atoms with Gasteiger partial charge in [0.25, 0.3) is 0 Å². The quantitative estimate of drug-likeness (QED) is 0.762. The Bertz CT molecular complexity index is 278. The maximum atomic E-state index is 5.44. The average Bonchev–Trinajstić information content (AvgIpc) is 2.78. The van der Waals surface area contributed by atoms with Crippen LogP contribution in [0.25, 0.3) is 0 Å². The molecule has 18 heavy (non-hydrogen) atoms. The molecule has 0 aromatic heterocycles. The maximum absolute atomic E-state index is 5.44.